The number of alkyl halides is 18. The molecule has 2 aromatic carbocycles. The predicted octanol–water partition coefficient (Wildman–Crippen LogP) is 8.06. The molecule has 0 radical (unpaired) electrons. The van der Waals surface area contributed by atoms with Crippen LogP contribution in [0.2, 0.25) is 0 Å². The fraction of sp³-hybridized carbons (Fsp3) is 0.364. The second-order valence-electron chi connectivity index (χ2n) is 8.79. The van der Waals surface area contributed by atoms with Crippen LogP contribution < -0.4 is 0 Å². The average Bonchev–Trinajstić information content (AvgIpc) is 2.94. The van der Waals surface area contributed by atoms with E-state index in [1.807, 2.05) is 0 Å². The molecule has 0 N–H and O–H groups in total. The van der Waals surface area contributed by atoms with Gasteiger partial charge in [-0.05, 0) is 0 Å². The molecule has 0 aliphatic heterocycles. The molecule has 26 heteroatoms. The maximum atomic E-state index is 14.4. The Morgan fingerprint density at radius 2 is 0.625 bits per heavy atom. The molecular weight excluding hydrogens is 766 g/mol. The van der Waals surface area contributed by atoms with Crippen molar-refractivity contribution in [3.8, 4) is 0 Å². The molecule has 48 heavy (non-hydrogen) atoms. The molecule has 0 aromatic heterocycles. The van der Waals surface area contributed by atoms with Gasteiger partial charge in [-0.1, -0.05) is 60.7 Å². The van der Waals surface area contributed by atoms with Crippen LogP contribution in [-0.4, -0.2) is 63.4 Å². The summed E-state index contributed by atoms with van der Waals surface area (Å²) in [6.45, 7) is 0. The van der Waals surface area contributed by atoms with E-state index < -0.39 is 89.4 Å². The summed E-state index contributed by atoms with van der Waals surface area (Å²) in [5, 5.41) is -15.5. The molecule has 0 spiro atoms. The highest BCUT2D eigenvalue weighted by molar-refractivity contribution is 7.88. The quantitative estimate of drug-likeness (QED) is 0.0939. The average molecular weight is 776 g/mol. The van der Waals surface area contributed by atoms with Crippen LogP contribution in [0.1, 0.15) is 11.1 Å². The minimum Gasteiger partial charge on any atom is -0.373 e. The molecular formula is C22H10F18O6S2. The molecule has 272 valence electrons. The van der Waals surface area contributed by atoms with Gasteiger partial charge in [0, 0.05) is 11.1 Å². The zero-order valence-corrected chi connectivity index (χ0v) is 23.5. The standard InChI is InChI=1S/C22H10F18O6S2/c23-15(24,19(31,32)33)17(27,28)21(37,38)47(41,42)45-13(11-7-3-1-4-8-11)14(12-9-5-2-6-10-12)46-48(43,44)22(39,40)18(29,30)16(25,26)20(34,35)36/h1-10H/b14-13-. The molecule has 2 aromatic rings. The zero-order chi connectivity index (χ0) is 37.8. The van der Waals surface area contributed by atoms with Gasteiger partial charge in [-0.15, -0.1) is 0 Å². The Kier molecular flexibility index (Phi) is 10.2. The fourth-order valence-corrected chi connectivity index (χ4v) is 4.85. The maximum Gasteiger partial charge on any atom is 0.460 e. The molecule has 0 aliphatic carbocycles. The Morgan fingerprint density at radius 1 is 0.396 bits per heavy atom. The van der Waals surface area contributed by atoms with Crippen LogP contribution in [0.3, 0.4) is 0 Å². The highest BCUT2D eigenvalue weighted by Gasteiger charge is 2.87. The van der Waals surface area contributed by atoms with Gasteiger partial charge in [-0.2, -0.15) is 95.9 Å². The van der Waals surface area contributed by atoms with Gasteiger partial charge in [0.15, 0.2) is 11.5 Å². The zero-order valence-electron chi connectivity index (χ0n) is 21.8. The van der Waals surface area contributed by atoms with Crippen LogP contribution in [-0.2, 0) is 28.6 Å². The van der Waals surface area contributed by atoms with Crippen molar-refractivity contribution in [1.29, 1.82) is 0 Å². The van der Waals surface area contributed by atoms with Gasteiger partial charge >= 0.3 is 66.8 Å². The van der Waals surface area contributed by atoms with Crippen LogP contribution in [0.4, 0.5) is 79.0 Å². The van der Waals surface area contributed by atoms with Crippen molar-refractivity contribution < 1.29 is 104 Å². The minimum absolute atomic E-state index is 0.328. The van der Waals surface area contributed by atoms with Crippen LogP contribution in [0, 0.1) is 0 Å². The summed E-state index contributed by atoms with van der Waals surface area (Å²) in [5.41, 5.74) is -2.76. The molecule has 0 saturated carbocycles. The summed E-state index contributed by atoms with van der Waals surface area (Å²) < 4.78 is 298. The van der Waals surface area contributed by atoms with E-state index in [4.69, 9.17) is 0 Å². The van der Waals surface area contributed by atoms with E-state index in [2.05, 4.69) is 8.37 Å². The van der Waals surface area contributed by atoms with E-state index in [1.165, 1.54) is 0 Å². The van der Waals surface area contributed by atoms with Crippen molar-refractivity contribution in [1.82, 2.24) is 0 Å². The third-order valence-corrected chi connectivity index (χ3v) is 8.06. The molecule has 0 unspecified atom stereocenters. The Hall–Kier alpha value is -3.58. The molecule has 2 rings (SSSR count). The molecule has 0 atom stereocenters. The lowest BCUT2D eigenvalue weighted by Gasteiger charge is -2.33. The molecule has 0 heterocycles. The predicted molar refractivity (Wildman–Crippen MR) is 121 cm³/mol. The largest absolute Gasteiger partial charge is 0.460 e. The highest BCUT2D eigenvalue weighted by atomic mass is 32.2. The van der Waals surface area contributed by atoms with E-state index >= 15 is 0 Å². The van der Waals surface area contributed by atoms with Crippen LogP contribution >= 0.6 is 0 Å². The van der Waals surface area contributed by atoms with Crippen LogP contribution in [0.15, 0.2) is 60.7 Å². The number of halogens is 18. The smallest absolute Gasteiger partial charge is 0.373 e. The van der Waals surface area contributed by atoms with Crippen molar-refractivity contribution in [2.75, 3.05) is 0 Å². The van der Waals surface area contributed by atoms with Crippen LogP contribution in [0.5, 0.6) is 0 Å². The molecule has 0 aliphatic rings. The molecule has 0 saturated heterocycles. The van der Waals surface area contributed by atoms with E-state index in [-0.39, 0.29) is 0 Å². The Balaban J connectivity index is 3.01. The van der Waals surface area contributed by atoms with Gasteiger partial charge in [0.1, 0.15) is 0 Å². The van der Waals surface area contributed by atoms with Gasteiger partial charge < -0.3 is 8.37 Å². The lowest BCUT2D eigenvalue weighted by molar-refractivity contribution is -0.382. The molecule has 0 amide bonds. The lowest BCUT2D eigenvalue weighted by atomic mass is 10.1. The number of benzene rings is 2. The second-order valence-corrected chi connectivity index (χ2v) is 12.0. The van der Waals surface area contributed by atoms with Crippen molar-refractivity contribution in [2.24, 2.45) is 0 Å². The normalized spacial score (nSPS) is 15.5. The van der Waals surface area contributed by atoms with E-state index in [0.29, 0.717) is 48.5 Å². The van der Waals surface area contributed by atoms with Crippen LogP contribution in [0.25, 0.3) is 11.5 Å². The molecule has 6 nitrogen and oxygen atoms in total. The summed E-state index contributed by atoms with van der Waals surface area (Å²) in [5.74, 6) is -36.9. The van der Waals surface area contributed by atoms with Gasteiger partial charge in [0.05, 0.1) is 0 Å². The molecule has 0 bridgehead atoms. The SMILES string of the molecule is O=S(=O)(O/C(=C(\OS(=O)(=O)C(F)(F)C(F)(F)C(F)(F)C(F)(F)F)c1ccccc1)c1ccccc1)C(F)(F)C(F)(F)C(F)(F)C(F)(F)F. The first kappa shape index (κ1) is 40.6. The summed E-state index contributed by atoms with van der Waals surface area (Å²) in [6, 6.07) is 5.72. The second kappa shape index (κ2) is 12.1. The Bertz CT molecular complexity index is 1590. The Morgan fingerprint density at radius 3 is 0.833 bits per heavy atom. The van der Waals surface area contributed by atoms with Crippen molar-refractivity contribution in [2.45, 2.75) is 46.6 Å². The summed E-state index contributed by atoms with van der Waals surface area (Å²) in [6.07, 6.45) is -15.2. The first-order valence-electron chi connectivity index (χ1n) is 11.3. The first-order valence-corrected chi connectivity index (χ1v) is 14.1. The topological polar surface area (TPSA) is 86.7 Å². The lowest BCUT2D eigenvalue weighted by Crippen LogP contribution is -2.63. The Labute approximate surface area is 254 Å². The monoisotopic (exact) mass is 776 g/mol. The van der Waals surface area contributed by atoms with Crippen molar-refractivity contribution in [3.05, 3.63) is 71.8 Å². The molecule has 0 fully saturated rings. The maximum absolute atomic E-state index is 14.4. The van der Waals surface area contributed by atoms with Gasteiger partial charge in [0.25, 0.3) is 0 Å². The minimum atomic E-state index is -8.12. The fourth-order valence-electron chi connectivity index (χ4n) is 2.97. The third-order valence-electron chi connectivity index (χ3n) is 5.52. The van der Waals surface area contributed by atoms with E-state index in [0.717, 1.165) is 12.1 Å². The first-order chi connectivity index (χ1) is 21.2. The van der Waals surface area contributed by atoms with Crippen molar-refractivity contribution >= 4 is 31.8 Å². The highest BCUT2D eigenvalue weighted by Crippen LogP contribution is 2.57. The van der Waals surface area contributed by atoms with Gasteiger partial charge in [-0.25, -0.2) is 0 Å². The number of hydrogen-bond acceptors (Lipinski definition) is 6. The van der Waals surface area contributed by atoms with Gasteiger partial charge in [-0.3, -0.25) is 0 Å². The van der Waals surface area contributed by atoms with E-state index in [1.54, 1.807) is 0 Å². The van der Waals surface area contributed by atoms with Gasteiger partial charge in [0.2, 0.25) is 0 Å². The number of hydrogen-bond donors (Lipinski definition) is 0. The number of rotatable bonds is 12. The van der Waals surface area contributed by atoms with Crippen molar-refractivity contribution in [3.63, 3.8) is 0 Å². The summed E-state index contributed by atoms with van der Waals surface area (Å²) in [4.78, 5) is 0. The summed E-state index contributed by atoms with van der Waals surface area (Å²) in [7, 11) is -16.2. The van der Waals surface area contributed by atoms with E-state index in [9.17, 15) is 95.9 Å². The third kappa shape index (κ3) is 6.43. The summed E-state index contributed by atoms with van der Waals surface area (Å²) >= 11 is 0.